The summed E-state index contributed by atoms with van der Waals surface area (Å²) < 4.78 is 0. The number of rotatable bonds is 3. The van der Waals surface area contributed by atoms with Crippen LogP contribution in [0, 0.1) is 0 Å². The first-order chi connectivity index (χ1) is 8.74. The van der Waals surface area contributed by atoms with Gasteiger partial charge in [-0.3, -0.25) is 14.6 Å². The molecular formula is C14H20N2O2. The molecule has 1 heterocycles. The second-order valence-corrected chi connectivity index (χ2v) is 4.78. The van der Waals surface area contributed by atoms with Gasteiger partial charge in [-0.25, -0.2) is 5.06 Å². The van der Waals surface area contributed by atoms with Gasteiger partial charge in [0.1, 0.15) is 0 Å². The third-order valence-corrected chi connectivity index (χ3v) is 3.69. The Morgan fingerprint density at radius 3 is 2.78 bits per heavy atom. The fourth-order valence-corrected chi connectivity index (χ4v) is 2.61. The highest BCUT2D eigenvalue weighted by molar-refractivity contribution is 5.94. The molecule has 1 aliphatic carbocycles. The average Bonchev–Trinajstić information content (AvgIpc) is 2.46. The number of hydroxylamine groups is 2. The average molecular weight is 248 g/mol. The Hall–Kier alpha value is -1.42. The highest BCUT2D eigenvalue weighted by Gasteiger charge is 2.23. The third-order valence-electron chi connectivity index (χ3n) is 3.69. The molecule has 1 amide bonds. The lowest BCUT2D eigenvalue weighted by Crippen LogP contribution is -2.27. The smallest absolute Gasteiger partial charge is 0.274 e. The van der Waals surface area contributed by atoms with Gasteiger partial charge in [0.05, 0.1) is 12.7 Å². The third kappa shape index (κ3) is 2.70. The van der Waals surface area contributed by atoms with E-state index in [4.69, 9.17) is 4.84 Å². The molecule has 1 aliphatic rings. The molecule has 2 rings (SSSR count). The van der Waals surface area contributed by atoms with Crippen molar-refractivity contribution in [1.29, 1.82) is 0 Å². The SMILES string of the molecule is CON(C)C(=O)c1cnccc1C1CCCCC1. The molecule has 0 unspecified atom stereocenters. The van der Waals surface area contributed by atoms with Crippen molar-refractivity contribution in [2.24, 2.45) is 0 Å². The zero-order chi connectivity index (χ0) is 13.0. The Morgan fingerprint density at radius 2 is 2.11 bits per heavy atom. The van der Waals surface area contributed by atoms with Gasteiger partial charge in [0.25, 0.3) is 5.91 Å². The summed E-state index contributed by atoms with van der Waals surface area (Å²) in [7, 11) is 3.12. The number of pyridine rings is 1. The molecule has 4 nitrogen and oxygen atoms in total. The van der Waals surface area contributed by atoms with Gasteiger partial charge in [-0.15, -0.1) is 0 Å². The number of aromatic nitrogens is 1. The van der Waals surface area contributed by atoms with Crippen molar-refractivity contribution in [1.82, 2.24) is 10.0 Å². The van der Waals surface area contributed by atoms with E-state index in [-0.39, 0.29) is 5.91 Å². The Bertz CT molecular complexity index is 414. The van der Waals surface area contributed by atoms with Crippen LogP contribution < -0.4 is 0 Å². The van der Waals surface area contributed by atoms with Crippen molar-refractivity contribution in [3.05, 3.63) is 29.6 Å². The van der Waals surface area contributed by atoms with Crippen molar-refractivity contribution >= 4 is 5.91 Å². The molecule has 98 valence electrons. The quantitative estimate of drug-likeness (QED) is 0.772. The molecule has 1 aromatic rings. The number of carbonyl (C=O) groups is 1. The first-order valence-corrected chi connectivity index (χ1v) is 6.50. The van der Waals surface area contributed by atoms with Crippen LogP contribution in [-0.4, -0.2) is 30.1 Å². The minimum absolute atomic E-state index is 0.119. The topological polar surface area (TPSA) is 42.4 Å². The maximum atomic E-state index is 12.2. The highest BCUT2D eigenvalue weighted by atomic mass is 16.7. The van der Waals surface area contributed by atoms with E-state index in [0.717, 1.165) is 5.56 Å². The minimum atomic E-state index is -0.119. The first kappa shape index (κ1) is 13.0. The molecular weight excluding hydrogens is 228 g/mol. The Labute approximate surface area is 108 Å². The molecule has 0 aliphatic heterocycles. The molecule has 4 heteroatoms. The van der Waals surface area contributed by atoms with Gasteiger partial charge in [-0.2, -0.15) is 0 Å². The van der Waals surface area contributed by atoms with Crippen LogP contribution in [0.5, 0.6) is 0 Å². The monoisotopic (exact) mass is 248 g/mol. The number of nitrogens with zero attached hydrogens (tertiary/aromatic N) is 2. The summed E-state index contributed by atoms with van der Waals surface area (Å²) in [6.07, 6.45) is 9.57. The summed E-state index contributed by atoms with van der Waals surface area (Å²) in [5, 5.41) is 1.25. The molecule has 0 bridgehead atoms. The number of amides is 1. The molecule has 1 aromatic heterocycles. The summed E-state index contributed by atoms with van der Waals surface area (Å²) in [6, 6.07) is 1.98. The van der Waals surface area contributed by atoms with E-state index in [1.165, 1.54) is 44.3 Å². The van der Waals surface area contributed by atoms with Gasteiger partial charge in [0.2, 0.25) is 0 Å². The summed E-state index contributed by atoms with van der Waals surface area (Å²) in [5.74, 6) is 0.372. The second kappa shape index (κ2) is 5.96. The first-order valence-electron chi connectivity index (χ1n) is 6.50. The van der Waals surface area contributed by atoms with Gasteiger partial charge < -0.3 is 0 Å². The van der Waals surface area contributed by atoms with Gasteiger partial charge in [0.15, 0.2) is 0 Å². The molecule has 1 saturated carbocycles. The fraction of sp³-hybridized carbons (Fsp3) is 0.571. The summed E-state index contributed by atoms with van der Waals surface area (Å²) in [4.78, 5) is 21.2. The zero-order valence-corrected chi connectivity index (χ0v) is 11.1. The predicted molar refractivity (Wildman–Crippen MR) is 69.2 cm³/mol. The molecule has 0 aromatic carbocycles. The van der Waals surface area contributed by atoms with Crippen LogP contribution in [0.15, 0.2) is 18.5 Å². The lowest BCUT2D eigenvalue weighted by atomic mass is 9.82. The maximum Gasteiger partial charge on any atom is 0.278 e. The fourth-order valence-electron chi connectivity index (χ4n) is 2.61. The van der Waals surface area contributed by atoms with Crippen LogP contribution in [-0.2, 0) is 4.84 Å². The molecule has 0 saturated heterocycles. The van der Waals surface area contributed by atoms with Crippen molar-refractivity contribution in [2.45, 2.75) is 38.0 Å². The number of hydrogen-bond acceptors (Lipinski definition) is 3. The Balaban J connectivity index is 2.27. The summed E-state index contributed by atoms with van der Waals surface area (Å²) >= 11 is 0. The normalized spacial score (nSPS) is 16.6. The van der Waals surface area contributed by atoms with Crippen LogP contribution in [0.1, 0.15) is 53.9 Å². The minimum Gasteiger partial charge on any atom is -0.274 e. The highest BCUT2D eigenvalue weighted by Crippen LogP contribution is 2.34. The van der Waals surface area contributed by atoms with Crippen LogP contribution in [0.4, 0.5) is 0 Å². The van der Waals surface area contributed by atoms with Crippen molar-refractivity contribution < 1.29 is 9.63 Å². The van der Waals surface area contributed by atoms with Crippen molar-refractivity contribution in [2.75, 3.05) is 14.2 Å². The van der Waals surface area contributed by atoms with Crippen LogP contribution >= 0.6 is 0 Å². The molecule has 1 fully saturated rings. The molecule has 0 atom stereocenters. The van der Waals surface area contributed by atoms with E-state index in [9.17, 15) is 4.79 Å². The lowest BCUT2D eigenvalue weighted by molar-refractivity contribution is -0.0758. The van der Waals surface area contributed by atoms with Crippen molar-refractivity contribution in [3.63, 3.8) is 0 Å². The Kier molecular flexibility index (Phi) is 4.31. The molecule has 0 N–H and O–H groups in total. The zero-order valence-electron chi connectivity index (χ0n) is 11.1. The summed E-state index contributed by atoms with van der Waals surface area (Å²) in [6.45, 7) is 0. The van der Waals surface area contributed by atoms with Crippen molar-refractivity contribution in [3.8, 4) is 0 Å². The van der Waals surface area contributed by atoms with E-state index < -0.39 is 0 Å². The summed E-state index contributed by atoms with van der Waals surface area (Å²) in [5.41, 5.74) is 1.80. The van der Waals surface area contributed by atoms with Crippen LogP contribution in [0.25, 0.3) is 0 Å². The second-order valence-electron chi connectivity index (χ2n) is 4.78. The van der Waals surface area contributed by atoms with Gasteiger partial charge in [-0.1, -0.05) is 19.3 Å². The predicted octanol–water partition coefficient (Wildman–Crippen LogP) is 2.76. The van der Waals surface area contributed by atoms with E-state index in [0.29, 0.717) is 11.5 Å². The van der Waals surface area contributed by atoms with Crippen LogP contribution in [0.3, 0.4) is 0 Å². The Morgan fingerprint density at radius 1 is 1.39 bits per heavy atom. The maximum absolute atomic E-state index is 12.2. The van der Waals surface area contributed by atoms with E-state index >= 15 is 0 Å². The van der Waals surface area contributed by atoms with E-state index in [1.54, 1.807) is 19.4 Å². The lowest BCUT2D eigenvalue weighted by Gasteiger charge is -2.24. The largest absolute Gasteiger partial charge is 0.278 e. The van der Waals surface area contributed by atoms with E-state index in [1.807, 2.05) is 6.07 Å². The standard InChI is InChI=1S/C14H20N2O2/c1-16(18-2)14(17)13-10-15-9-8-12(13)11-6-4-3-5-7-11/h8-11H,3-7H2,1-2H3. The van der Waals surface area contributed by atoms with Gasteiger partial charge >= 0.3 is 0 Å². The molecule has 0 radical (unpaired) electrons. The molecule has 0 spiro atoms. The van der Waals surface area contributed by atoms with E-state index in [2.05, 4.69) is 4.98 Å². The number of carbonyl (C=O) groups excluding carboxylic acids is 1. The van der Waals surface area contributed by atoms with Crippen LogP contribution in [0.2, 0.25) is 0 Å². The van der Waals surface area contributed by atoms with Gasteiger partial charge in [-0.05, 0) is 30.4 Å². The number of hydrogen-bond donors (Lipinski definition) is 0. The van der Waals surface area contributed by atoms with Gasteiger partial charge in [0, 0.05) is 19.4 Å². The molecule has 18 heavy (non-hydrogen) atoms.